The molecule has 3 rings (SSSR count). The third-order valence-electron chi connectivity index (χ3n) is 5.15. The Morgan fingerprint density at radius 1 is 1.33 bits per heavy atom. The first-order valence-electron chi connectivity index (χ1n) is 9.00. The zero-order valence-electron chi connectivity index (χ0n) is 15.7. The Morgan fingerprint density at radius 2 is 2.07 bits per heavy atom. The molecular weight excluding hydrogens is 391 g/mol. The van der Waals surface area contributed by atoms with Gasteiger partial charge < -0.3 is 25.4 Å². The number of nitrogens with zero attached hydrogens (tertiary/aromatic N) is 2. The lowest BCUT2D eigenvalue weighted by atomic mass is 9.79. The number of pyridine rings is 1. The Kier molecular flexibility index (Phi) is 9.76. The van der Waals surface area contributed by atoms with Crippen LogP contribution in [0.1, 0.15) is 25.3 Å². The van der Waals surface area contributed by atoms with E-state index in [2.05, 4.69) is 22.1 Å². The number of ether oxygens (including phenoxy) is 2. The van der Waals surface area contributed by atoms with Crippen molar-refractivity contribution in [3.05, 3.63) is 23.9 Å². The van der Waals surface area contributed by atoms with Gasteiger partial charge in [-0.1, -0.05) is 6.07 Å². The van der Waals surface area contributed by atoms with Crippen LogP contribution in [0.15, 0.2) is 18.3 Å². The highest BCUT2D eigenvalue weighted by atomic mass is 35.5. The molecule has 0 spiro atoms. The van der Waals surface area contributed by atoms with Crippen LogP contribution in [-0.2, 0) is 20.8 Å². The topological polar surface area (TPSA) is 89.7 Å². The van der Waals surface area contributed by atoms with Crippen molar-refractivity contribution in [2.75, 3.05) is 44.4 Å². The van der Waals surface area contributed by atoms with Crippen molar-refractivity contribution in [2.45, 2.75) is 32.4 Å². The SMILES string of the molecule is CC1CN(c2ccc(CNC(=O)C3(CN)CCOCC3)cn2)CCO1.Cl.Cl. The van der Waals surface area contributed by atoms with Gasteiger partial charge in [-0.15, -0.1) is 24.8 Å². The van der Waals surface area contributed by atoms with Gasteiger partial charge in [0.05, 0.1) is 18.1 Å². The lowest BCUT2D eigenvalue weighted by Gasteiger charge is -2.34. The van der Waals surface area contributed by atoms with Gasteiger partial charge in [0.15, 0.2) is 0 Å². The fourth-order valence-electron chi connectivity index (χ4n) is 3.39. The number of carbonyl (C=O) groups excluding carboxylic acids is 1. The van der Waals surface area contributed by atoms with Crippen molar-refractivity contribution < 1.29 is 14.3 Å². The first-order chi connectivity index (χ1) is 12.1. The molecule has 1 aromatic rings. The molecule has 9 heteroatoms. The molecule has 2 aliphatic rings. The summed E-state index contributed by atoms with van der Waals surface area (Å²) in [5.41, 5.74) is 6.37. The van der Waals surface area contributed by atoms with E-state index < -0.39 is 5.41 Å². The molecule has 2 fully saturated rings. The van der Waals surface area contributed by atoms with E-state index in [4.69, 9.17) is 15.2 Å². The summed E-state index contributed by atoms with van der Waals surface area (Å²) in [4.78, 5) is 19.3. The molecule has 2 saturated heterocycles. The number of aromatic nitrogens is 1. The number of hydrogen-bond acceptors (Lipinski definition) is 6. The van der Waals surface area contributed by atoms with Crippen LogP contribution in [0.25, 0.3) is 0 Å². The molecule has 0 radical (unpaired) electrons. The highest BCUT2D eigenvalue weighted by molar-refractivity contribution is 5.85. The maximum atomic E-state index is 12.6. The van der Waals surface area contributed by atoms with Crippen LogP contribution < -0.4 is 16.0 Å². The molecule has 1 aromatic heterocycles. The van der Waals surface area contributed by atoms with Gasteiger partial charge in [0, 0.05) is 45.6 Å². The normalized spacial score (nSPS) is 21.6. The van der Waals surface area contributed by atoms with Crippen LogP contribution in [0.4, 0.5) is 5.82 Å². The standard InChI is InChI=1S/C18H28N4O3.2ClH/c1-14-12-22(6-9-25-14)16-3-2-15(10-20-16)11-21-17(23)18(13-19)4-7-24-8-5-18;;/h2-3,10,14H,4-9,11-13,19H2,1H3,(H,21,23);2*1H. The molecule has 3 N–H and O–H groups in total. The van der Waals surface area contributed by atoms with Crippen LogP contribution in [0.2, 0.25) is 0 Å². The summed E-state index contributed by atoms with van der Waals surface area (Å²) < 4.78 is 10.9. The van der Waals surface area contributed by atoms with Crippen molar-refractivity contribution in [1.29, 1.82) is 0 Å². The largest absolute Gasteiger partial charge is 0.381 e. The summed E-state index contributed by atoms with van der Waals surface area (Å²) in [6, 6.07) is 4.02. The number of anilines is 1. The van der Waals surface area contributed by atoms with Crippen molar-refractivity contribution in [2.24, 2.45) is 11.1 Å². The number of carbonyl (C=O) groups is 1. The predicted octanol–water partition coefficient (Wildman–Crippen LogP) is 1.52. The number of rotatable bonds is 5. The molecule has 27 heavy (non-hydrogen) atoms. The average molecular weight is 421 g/mol. The number of halogens is 2. The summed E-state index contributed by atoms with van der Waals surface area (Å²) in [6.07, 6.45) is 3.42. The highest BCUT2D eigenvalue weighted by Gasteiger charge is 2.38. The van der Waals surface area contributed by atoms with E-state index >= 15 is 0 Å². The second-order valence-electron chi connectivity index (χ2n) is 6.93. The van der Waals surface area contributed by atoms with Gasteiger partial charge in [-0.2, -0.15) is 0 Å². The summed E-state index contributed by atoms with van der Waals surface area (Å²) in [5, 5.41) is 3.02. The van der Waals surface area contributed by atoms with E-state index in [1.165, 1.54) is 0 Å². The lowest BCUT2D eigenvalue weighted by molar-refractivity contribution is -0.136. The van der Waals surface area contributed by atoms with Gasteiger partial charge in [0.25, 0.3) is 0 Å². The van der Waals surface area contributed by atoms with E-state index in [9.17, 15) is 4.79 Å². The molecule has 0 saturated carbocycles. The van der Waals surface area contributed by atoms with Gasteiger partial charge in [-0.3, -0.25) is 4.79 Å². The number of morpholine rings is 1. The van der Waals surface area contributed by atoms with Crippen molar-refractivity contribution in [3.63, 3.8) is 0 Å². The van der Waals surface area contributed by atoms with Gasteiger partial charge in [-0.25, -0.2) is 4.98 Å². The highest BCUT2D eigenvalue weighted by Crippen LogP contribution is 2.29. The predicted molar refractivity (Wildman–Crippen MR) is 110 cm³/mol. The summed E-state index contributed by atoms with van der Waals surface area (Å²) in [5.74, 6) is 0.970. The van der Waals surface area contributed by atoms with Gasteiger partial charge >= 0.3 is 0 Å². The molecular formula is C18H30Cl2N4O3. The maximum Gasteiger partial charge on any atom is 0.227 e. The Hall–Kier alpha value is -1.12. The van der Waals surface area contributed by atoms with Crippen LogP contribution >= 0.6 is 24.8 Å². The Bertz CT molecular complexity index is 582. The smallest absolute Gasteiger partial charge is 0.227 e. The van der Waals surface area contributed by atoms with Crippen molar-refractivity contribution in [1.82, 2.24) is 10.3 Å². The fourth-order valence-corrected chi connectivity index (χ4v) is 3.39. The molecule has 0 aliphatic carbocycles. The summed E-state index contributed by atoms with van der Waals surface area (Å²) in [6.45, 7) is 6.52. The van der Waals surface area contributed by atoms with Gasteiger partial charge in [0.1, 0.15) is 5.82 Å². The van der Waals surface area contributed by atoms with E-state index in [-0.39, 0.29) is 36.8 Å². The van der Waals surface area contributed by atoms with Crippen LogP contribution in [0.3, 0.4) is 0 Å². The Labute approximate surface area is 173 Å². The van der Waals surface area contributed by atoms with E-state index in [1.54, 1.807) is 0 Å². The van der Waals surface area contributed by atoms with E-state index in [0.717, 1.165) is 31.1 Å². The van der Waals surface area contributed by atoms with E-state index in [0.29, 0.717) is 39.1 Å². The number of nitrogens with one attached hydrogen (secondary N) is 1. The molecule has 7 nitrogen and oxygen atoms in total. The molecule has 0 bridgehead atoms. The molecule has 0 aromatic carbocycles. The quantitative estimate of drug-likeness (QED) is 0.750. The zero-order chi connectivity index (χ0) is 17.7. The average Bonchev–Trinajstić information content (AvgIpc) is 2.67. The number of hydrogen-bond donors (Lipinski definition) is 2. The number of nitrogens with two attached hydrogens (primary N) is 1. The van der Waals surface area contributed by atoms with Crippen LogP contribution in [0.5, 0.6) is 0 Å². The minimum atomic E-state index is -0.491. The second kappa shape index (κ2) is 11.0. The first kappa shape index (κ1) is 23.9. The molecule has 2 aliphatic heterocycles. The molecule has 1 atom stereocenters. The zero-order valence-corrected chi connectivity index (χ0v) is 17.3. The van der Waals surface area contributed by atoms with E-state index in [1.807, 2.05) is 18.3 Å². The van der Waals surface area contributed by atoms with Crippen molar-refractivity contribution >= 4 is 36.5 Å². The third kappa shape index (κ3) is 5.93. The van der Waals surface area contributed by atoms with Gasteiger partial charge in [-0.05, 0) is 31.4 Å². The van der Waals surface area contributed by atoms with Crippen LogP contribution in [0, 0.1) is 5.41 Å². The molecule has 154 valence electrons. The lowest BCUT2D eigenvalue weighted by Crippen LogP contribution is -2.49. The maximum absolute atomic E-state index is 12.6. The molecule has 1 unspecified atom stereocenters. The fraction of sp³-hybridized carbons (Fsp3) is 0.667. The molecule has 3 heterocycles. The number of amides is 1. The van der Waals surface area contributed by atoms with Gasteiger partial charge in [0.2, 0.25) is 5.91 Å². The van der Waals surface area contributed by atoms with Crippen molar-refractivity contribution in [3.8, 4) is 0 Å². The molecule has 1 amide bonds. The third-order valence-corrected chi connectivity index (χ3v) is 5.15. The minimum Gasteiger partial charge on any atom is -0.381 e. The first-order valence-corrected chi connectivity index (χ1v) is 9.00. The Morgan fingerprint density at radius 3 is 2.67 bits per heavy atom. The minimum absolute atomic E-state index is 0. The summed E-state index contributed by atoms with van der Waals surface area (Å²) >= 11 is 0. The Balaban J connectivity index is 0.00000182. The van der Waals surface area contributed by atoms with Crippen LogP contribution in [-0.4, -0.2) is 56.5 Å². The monoisotopic (exact) mass is 420 g/mol. The second-order valence-corrected chi connectivity index (χ2v) is 6.93. The summed E-state index contributed by atoms with van der Waals surface area (Å²) in [7, 11) is 0.